The average molecular weight is 254 g/mol. The van der Waals surface area contributed by atoms with Gasteiger partial charge in [-0.2, -0.15) is 0 Å². The zero-order valence-corrected chi connectivity index (χ0v) is 11.5. The van der Waals surface area contributed by atoms with Crippen LogP contribution in [0, 0.1) is 23.2 Å². The molecule has 4 unspecified atom stereocenters. The molecule has 0 aromatic carbocycles. The van der Waals surface area contributed by atoms with Crippen molar-refractivity contribution >= 4 is 5.91 Å². The van der Waals surface area contributed by atoms with E-state index in [1.54, 1.807) is 0 Å². The summed E-state index contributed by atoms with van der Waals surface area (Å²) in [5.41, 5.74) is 6.11. The fourth-order valence-electron chi connectivity index (χ4n) is 3.56. The Morgan fingerprint density at radius 1 is 1.39 bits per heavy atom. The Morgan fingerprint density at radius 3 is 2.61 bits per heavy atom. The van der Waals surface area contributed by atoms with Crippen LogP contribution in [-0.2, 0) is 4.79 Å². The van der Waals surface area contributed by atoms with Gasteiger partial charge in [0.25, 0.3) is 0 Å². The largest absolute Gasteiger partial charge is 0.396 e. The maximum absolute atomic E-state index is 12.2. The summed E-state index contributed by atoms with van der Waals surface area (Å²) >= 11 is 0. The van der Waals surface area contributed by atoms with Gasteiger partial charge in [0.2, 0.25) is 5.91 Å². The summed E-state index contributed by atoms with van der Waals surface area (Å²) in [5, 5.41) is 12.0. The van der Waals surface area contributed by atoms with Gasteiger partial charge in [-0.05, 0) is 42.9 Å². The van der Waals surface area contributed by atoms with Crippen LogP contribution in [0.4, 0.5) is 0 Å². The Hall–Kier alpha value is -0.610. The van der Waals surface area contributed by atoms with Crippen LogP contribution >= 0.6 is 0 Å². The summed E-state index contributed by atoms with van der Waals surface area (Å²) in [6.45, 7) is 4.90. The molecule has 0 radical (unpaired) electrons. The first-order valence-corrected chi connectivity index (χ1v) is 7.09. The first kappa shape index (κ1) is 13.8. The lowest BCUT2D eigenvalue weighted by Crippen LogP contribution is -2.47. The van der Waals surface area contributed by atoms with E-state index in [2.05, 4.69) is 19.2 Å². The number of aliphatic hydroxyl groups is 1. The number of hydrogen-bond donors (Lipinski definition) is 3. The van der Waals surface area contributed by atoms with E-state index in [-0.39, 0.29) is 29.9 Å². The van der Waals surface area contributed by atoms with Gasteiger partial charge in [0, 0.05) is 19.2 Å². The average Bonchev–Trinajstić information content (AvgIpc) is 2.86. The summed E-state index contributed by atoms with van der Waals surface area (Å²) < 4.78 is 0. The molecule has 1 amide bonds. The molecule has 0 aromatic rings. The second-order valence-electron chi connectivity index (χ2n) is 6.79. The molecule has 0 saturated heterocycles. The van der Waals surface area contributed by atoms with E-state index >= 15 is 0 Å². The lowest BCUT2D eigenvalue weighted by atomic mass is 9.83. The lowest BCUT2D eigenvalue weighted by molar-refractivity contribution is -0.127. The number of carbonyl (C=O) groups excluding carboxylic acids is 1. The fraction of sp³-hybridized carbons (Fsp3) is 0.929. The highest BCUT2D eigenvalue weighted by Gasteiger charge is 2.49. The highest BCUT2D eigenvalue weighted by molar-refractivity contribution is 5.80. The number of rotatable bonds is 5. The number of nitrogens with two attached hydrogens (primary N) is 1. The number of amides is 1. The molecule has 2 bridgehead atoms. The minimum atomic E-state index is -0.0495. The van der Waals surface area contributed by atoms with Crippen molar-refractivity contribution < 1.29 is 9.90 Å². The second-order valence-corrected chi connectivity index (χ2v) is 6.79. The van der Waals surface area contributed by atoms with Gasteiger partial charge in [0.1, 0.15) is 0 Å². The smallest absolute Gasteiger partial charge is 0.224 e. The molecule has 4 N–H and O–H groups in total. The van der Waals surface area contributed by atoms with Gasteiger partial charge < -0.3 is 16.2 Å². The fourth-order valence-corrected chi connectivity index (χ4v) is 3.56. The van der Waals surface area contributed by atoms with Crippen LogP contribution in [0.15, 0.2) is 0 Å². The molecule has 4 atom stereocenters. The summed E-state index contributed by atoms with van der Waals surface area (Å²) in [4.78, 5) is 12.2. The van der Waals surface area contributed by atoms with Crippen LogP contribution in [0.5, 0.6) is 0 Å². The molecule has 4 heteroatoms. The summed E-state index contributed by atoms with van der Waals surface area (Å²) in [5.74, 6) is 1.22. The Balaban J connectivity index is 1.85. The predicted molar refractivity (Wildman–Crippen MR) is 70.8 cm³/mol. The van der Waals surface area contributed by atoms with Gasteiger partial charge >= 0.3 is 0 Å². The molecule has 18 heavy (non-hydrogen) atoms. The maximum atomic E-state index is 12.2. The third kappa shape index (κ3) is 2.69. The number of fused-ring (bicyclic) bond motifs is 2. The molecule has 4 nitrogen and oxygen atoms in total. The van der Waals surface area contributed by atoms with Gasteiger partial charge in [0.15, 0.2) is 0 Å². The van der Waals surface area contributed by atoms with E-state index in [9.17, 15) is 4.79 Å². The first-order valence-electron chi connectivity index (χ1n) is 7.09. The Bertz CT molecular complexity index is 315. The van der Waals surface area contributed by atoms with E-state index < -0.39 is 0 Å². The zero-order chi connectivity index (χ0) is 13.3. The SMILES string of the molecule is CC(C)(CCO)CNC(=O)C1C2CCC(C2)C1N. The maximum Gasteiger partial charge on any atom is 0.224 e. The van der Waals surface area contributed by atoms with Crippen molar-refractivity contribution in [3.8, 4) is 0 Å². The van der Waals surface area contributed by atoms with Gasteiger partial charge in [-0.25, -0.2) is 0 Å². The highest BCUT2D eigenvalue weighted by atomic mass is 16.3. The van der Waals surface area contributed by atoms with Crippen LogP contribution in [0.25, 0.3) is 0 Å². The van der Waals surface area contributed by atoms with Crippen LogP contribution in [0.3, 0.4) is 0 Å². The predicted octanol–water partition coefficient (Wildman–Crippen LogP) is 0.885. The van der Waals surface area contributed by atoms with Crippen LogP contribution < -0.4 is 11.1 Å². The Kier molecular flexibility index (Phi) is 3.97. The van der Waals surface area contributed by atoms with Gasteiger partial charge in [-0.1, -0.05) is 13.8 Å². The molecule has 2 aliphatic carbocycles. The lowest BCUT2D eigenvalue weighted by Gasteiger charge is -2.29. The first-order chi connectivity index (χ1) is 8.44. The van der Waals surface area contributed by atoms with Gasteiger partial charge in [0.05, 0.1) is 5.92 Å². The third-order valence-corrected chi connectivity index (χ3v) is 4.81. The molecule has 0 aromatic heterocycles. The molecular weight excluding hydrogens is 228 g/mol. The van der Waals surface area contributed by atoms with Crippen molar-refractivity contribution in [1.82, 2.24) is 5.32 Å². The van der Waals surface area contributed by atoms with Crippen molar-refractivity contribution in [2.45, 2.75) is 45.6 Å². The van der Waals surface area contributed by atoms with Gasteiger partial charge in [-0.3, -0.25) is 4.79 Å². The molecule has 2 saturated carbocycles. The highest BCUT2D eigenvalue weighted by Crippen LogP contribution is 2.47. The van der Waals surface area contributed by atoms with E-state index in [1.165, 1.54) is 6.42 Å². The Labute approximate surface area is 109 Å². The van der Waals surface area contributed by atoms with Crippen molar-refractivity contribution in [3.05, 3.63) is 0 Å². The molecule has 2 fully saturated rings. The van der Waals surface area contributed by atoms with Crippen molar-refractivity contribution in [1.29, 1.82) is 0 Å². The molecule has 0 heterocycles. The summed E-state index contributed by atoms with van der Waals surface area (Å²) in [7, 11) is 0. The number of hydrogen-bond acceptors (Lipinski definition) is 3. The standard InChI is InChI=1S/C14H26N2O2/c1-14(2,5-6-17)8-16-13(18)11-9-3-4-10(7-9)12(11)15/h9-12,17H,3-8,15H2,1-2H3,(H,16,18). The second kappa shape index (κ2) is 5.17. The summed E-state index contributed by atoms with van der Waals surface area (Å²) in [6.07, 6.45) is 4.21. The molecule has 2 aliphatic rings. The van der Waals surface area contributed by atoms with Crippen LogP contribution in [0.2, 0.25) is 0 Å². The van der Waals surface area contributed by atoms with E-state index in [0.717, 1.165) is 12.8 Å². The van der Waals surface area contributed by atoms with E-state index in [4.69, 9.17) is 10.8 Å². The molecule has 2 rings (SSSR count). The number of nitrogens with one attached hydrogen (secondary N) is 1. The van der Waals surface area contributed by atoms with Crippen molar-refractivity contribution in [3.63, 3.8) is 0 Å². The van der Waals surface area contributed by atoms with E-state index in [1.807, 2.05) is 0 Å². The van der Waals surface area contributed by atoms with E-state index in [0.29, 0.717) is 24.8 Å². The number of carbonyl (C=O) groups is 1. The topological polar surface area (TPSA) is 75.3 Å². The van der Waals surface area contributed by atoms with Gasteiger partial charge in [-0.15, -0.1) is 0 Å². The molecule has 104 valence electrons. The normalized spacial score (nSPS) is 34.9. The van der Waals surface area contributed by atoms with Crippen LogP contribution in [0.1, 0.15) is 39.5 Å². The Morgan fingerprint density at radius 2 is 2.06 bits per heavy atom. The molecular formula is C14H26N2O2. The van der Waals surface area contributed by atoms with Crippen LogP contribution in [-0.4, -0.2) is 30.2 Å². The number of aliphatic hydroxyl groups excluding tert-OH is 1. The zero-order valence-electron chi connectivity index (χ0n) is 11.5. The molecule has 0 aliphatic heterocycles. The summed E-state index contributed by atoms with van der Waals surface area (Å²) in [6, 6.07) is 0.0599. The third-order valence-electron chi connectivity index (χ3n) is 4.81. The minimum Gasteiger partial charge on any atom is -0.396 e. The van der Waals surface area contributed by atoms with Crippen molar-refractivity contribution in [2.24, 2.45) is 28.9 Å². The quantitative estimate of drug-likeness (QED) is 0.682. The minimum absolute atomic E-state index is 0.0219. The molecule has 0 spiro atoms. The monoisotopic (exact) mass is 254 g/mol. The van der Waals surface area contributed by atoms with Crippen molar-refractivity contribution in [2.75, 3.05) is 13.2 Å².